The molecule has 0 radical (unpaired) electrons. The molecule has 6 nitrogen and oxygen atoms in total. The van der Waals surface area contributed by atoms with Gasteiger partial charge in [-0.05, 0) is 80.9 Å². The molecule has 0 saturated heterocycles. The number of furan rings is 1. The van der Waals surface area contributed by atoms with Crippen LogP contribution in [0.5, 0.6) is 11.5 Å². The molecule has 0 aliphatic carbocycles. The Bertz CT molecular complexity index is 4200. The smallest absolute Gasteiger partial charge is 0.137 e. The molecule has 0 N–H and O–H groups in total. The fourth-order valence-corrected chi connectivity index (χ4v) is 9.16. The fourth-order valence-electron chi connectivity index (χ4n) is 9.16. The minimum atomic E-state index is -0.633. The van der Waals surface area contributed by atoms with Gasteiger partial charge in [-0.3, -0.25) is 0 Å². The second kappa shape index (κ2) is 17.0. The molecule has 11 aromatic rings. The molecule has 0 spiro atoms. The molecule has 69 heavy (non-hydrogen) atoms. The molecule has 7 heteroatoms. The van der Waals surface area contributed by atoms with Crippen molar-refractivity contribution in [3.05, 3.63) is 212 Å². The first-order chi connectivity index (χ1) is 37.1. The maximum Gasteiger partial charge on any atom is 0.137 e. The average molecular weight is 1090 g/mol. The predicted molar refractivity (Wildman–Crippen MR) is 280 cm³/mol. The van der Waals surface area contributed by atoms with Gasteiger partial charge in [0.15, 0.2) is 0 Å². The Balaban J connectivity index is 0.00000660. The number of hydrogen-bond donors (Lipinski definition) is 0. The van der Waals surface area contributed by atoms with Crippen molar-refractivity contribution < 1.29 is 43.9 Å². The van der Waals surface area contributed by atoms with Crippen LogP contribution in [-0.2, 0) is 31.9 Å². The molecule has 0 amide bonds. The van der Waals surface area contributed by atoms with E-state index in [1.807, 2.05) is 105 Å². The molecule has 8 aromatic carbocycles. The average Bonchev–Trinajstić information content (AvgIpc) is 4.08. The molecule has 0 fully saturated rings. The maximum absolute atomic E-state index is 9.27. The van der Waals surface area contributed by atoms with Crippen molar-refractivity contribution in [2.75, 3.05) is 9.80 Å². The first-order valence-electron chi connectivity index (χ1n) is 27.4. The van der Waals surface area contributed by atoms with Gasteiger partial charge in [-0.25, -0.2) is 4.98 Å². The zero-order valence-corrected chi connectivity index (χ0v) is 40.8. The van der Waals surface area contributed by atoms with Gasteiger partial charge in [0, 0.05) is 89.3 Å². The molecule has 3 aromatic heterocycles. The Hall–Kier alpha value is -7.40. The molecule has 12 rings (SSSR count). The number of pyridine rings is 1. The van der Waals surface area contributed by atoms with Crippen LogP contribution < -0.4 is 14.5 Å². The molecule has 0 unspecified atom stereocenters. The van der Waals surface area contributed by atoms with Gasteiger partial charge >= 0.3 is 0 Å². The number of hydrogen-bond acceptors (Lipinski definition) is 5. The third kappa shape index (κ3) is 7.77. The Morgan fingerprint density at radius 2 is 1.23 bits per heavy atom. The standard InChI is InChI=1S/C62H49N4O2.Pt/c1-61(2,3)42-30-31-63-59(34-42)66-55-36-46(28-29-47(55)51-37-52-48-24-13-16-27-57(48)68-58(52)38-56(51)66)67-45-23-17-22-44(35-45)64-39-65(54-26-15-14-25-53(54)64)60-49(40-18-9-7-10-19-40)32-43(62(4,5)6)33-50(60)41-20-11-8-12-21-41;/h7-34,37-39H,1-6H3;/q-3;/i7D,8D,9D,10D,11D,12D,18D,19D,20D,21D;. The van der Waals surface area contributed by atoms with E-state index in [-0.39, 0.29) is 54.4 Å². The monoisotopic (exact) mass is 1090 g/mol. The molecule has 0 saturated carbocycles. The van der Waals surface area contributed by atoms with E-state index in [4.69, 9.17) is 22.4 Å². The summed E-state index contributed by atoms with van der Waals surface area (Å²) in [6.45, 7) is 14.1. The van der Waals surface area contributed by atoms with E-state index in [2.05, 4.69) is 61.7 Å². The van der Waals surface area contributed by atoms with Gasteiger partial charge in [0.25, 0.3) is 0 Å². The third-order valence-electron chi connectivity index (χ3n) is 12.6. The molecular weight excluding hydrogens is 1030 g/mol. The van der Waals surface area contributed by atoms with E-state index in [1.165, 1.54) is 0 Å². The SMILES string of the molecule is [2H]c1c([2H])c([2H])c(-c2cc(C(C)(C)C)cc(-c3c([2H])c([2H])c([2H])c([2H])c3[2H])c2N2[CH-]N(c3[c-]c(Oc4[c-]c5c(cc4)c4cc6c(cc4n5-c4cc(C(C)(C)C)ccn4)oc4ccccc46)ccc3)c3ccccc32)c([2H])c1[2H].[Pt]. The van der Waals surface area contributed by atoms with Crippen LogP contribution in [0.2, 0.25) is 0 Å². The summed E-state index contributed by atoms with van der Waals surface area (Å²) in [6, 6.07) is 38.7. The van der Waals surface area contributed by atoms with E-state index < -0.39 is 65.8 Å². The Kier molecular flexibility index (Phi) is 8.36. The number of aromatic nitrogens is 2. The van der Waals surface area contributed by atoms with Gasteiger partial charge in [0.1, 0.15) is 17.0 Å². The number of anilines is 4. The largest absolute Gasteiger partial charge is 0.509 e. The number of nitrogens with zero attached hydrogens (tertiary/aromatic N) is 4. The van der Waals surface area contributed by atoms with Crippen LogP contribution in [0.3, 0.4) is 0 Å². The van der Waals surface area contributed by atoms with Gasteiger partial charge in [-0.2, -0.15) is 12.1 Å². The van der Waals surface area contributed by atoms with E-state index in [0.29, 0.717) is 39.9 Å². The van der Waals surface area contributed by atoms with Crippen LogP contribution in [0.4, 0.5) is 22.7 Å². The molecule has 0 bridgehead atoms. The van der Waals surface area contributed by atoms with Crippen molar-refractivity contribution >= 4 is 66.5 Å². The van der Waals surface area contributed by atoms with Gasteiger partial charge in [-0.1, -0.05) is 144 Å². The van der Waals surface area contributed by atoms with Crippen molar-refractivity contribution in [1.82, 2.24) is 9.55 Å². The molecular formula is C62H49N4O2Pt-3. The van der Waals surface area contributed by atoms with Crippen molar-refractivity contribution in [3.63, 3.8) is 0 Å². The summed E-state index contributed by atoms with van der Waals surface area (Å²) < 4.78 is 104. The van der Waals surface area contributed by atoms with Crippen molar-refractivity contribution in [2.45, 2.75) is 52.4 Å². The summed E-state index contributed by atoms with van der Waals surface area (Å²) in [7, 11) is 0. The van der Waals surface area contributed by atoms with Crippen LogP contribution in [0.25, 0.3) is 71.8 Å². The number of benzene rings is 8. The Morgan fingerprint density at radius 1 is 0.580 bits per heavy atom. The van der Waals surface area contributed by atoms with Crippen molar-refractivity contribution in [2.24, 2.45) is 0 Å². The van der Waals surface area contributed by atoms with Gasteiger partial charge in [0.2, 0.25) is 0 Å². The van der Waals surface area contributed by atoms with E-state index in [9.17, 15) is 5.48 Å². The van der Waals surface area contributed by atoms with Gasteiger partial charge in [0.05, 0.1) is 13.7 Å². The quantitative estimate of drug-likeness (QED) is 0.149. The Morgan fingerprint density at radius 3 is 1.93 bits per heavy atom. The van der Waals surface area contributed by atoms with Crippen LogP contribution in [0, 0.1) is 18.8 Å². The van der Waals surface area contributed by atoms with Gasteiger partial charge in [-0.15, -0.1) is 48.1 Å². The first kappa shape index (κ1) is 34.0. The normalized spacial score (nSPS) is 14.9. The van der Waals surface area contributed by atoms with Crippen LogP contribution in [0.15, 0.2) is 186 Å². The van der Waals surface area contributed by atoms with Crippen LogP contribution >= 0.6 is 0 Å². The molecule has 0 atom stereocenters. The Labute approximate surface area is 431 Å². The zero-order valence-electron chi connectivity index (χ0n) is 48.5. The zero-order chi connectivity index (χ0) is 55.0. The number of rotatable bonds is 7. The molecule has 4 heterocycles. The van der Waals surface area contributed by atoms with Crippen molar-refractivity contribution in [1.29, 1.82) is 0 Å². The molecule has 342 valence electrons. The topological polar surface area (TPSA) is 46.7 Å². The number of fused-ring (bicyclic) bond motifs is 7. The first-order valence-corrected chi connectivity index (χ1v) is 22.4. The minimum absolute atomic E-state index is 0. The van der Waals surface area contributed by atoms with Gasteiger partial charge < -0.3 is 23.5 Å². The van der Waals surface area contributed by atoms with E-state index >= 15 is 0 Å². The van der Waals surface area contributed by atoms with E-state index in [1.54, 1.807) is 29.8 Å². The predicted octanol–water partition coefficient (Wildman–Crippen LogP) is 16.8. The van der Waals surface area contributed by atoms with Crippen LogP contribution in [-0.4, -0.2) is 9.55 Å². The summed E-state index contributed by atoms with van der Waals surface area (Å²) in [5, 5.41) is 3.95. The maximum atomic E-state index is 9.27. The fraction of sp³-hybridized carbons (Fsp3) is 0.129. The molecule has 1 aliphatic rings. The summed E-state index contributed by atoms with van der Waals surface area (Å²) >= 11 is 0. The summed E-state index contributed by atoms with van der Waals surface area (Å²) in [4.78, 5) is 8.55. The van der Waals surface area contributed by atoms with Crippen LogP contribution in [0.1, 0.15) is 66.4 Å². The molecule has 1 aliphatic heterocycles. The summed E-state index contributed by atoms with van der Waals surface area (Å²) in [6.07, 6.45) is 1.83. The number of ether oxygens (including phenoxy) is 1. The third-order valence-corrected chi connectivity index (χ3v) is 12.6. The van der Waals surface area contributed by atoms with E-state index in [0.717, 1.165) is 49.3 Å². The summed E-state index contributed by atoms with van der Waals surface area (Å²) in [5.41, 5.74) is 6.31. The minimum Gasteiger partial charge on any atom is -0.509 e. The summed E-state index contributed by atoms with van der Waals surface area (Å²) in [5.74, 6) is 1.49. The van der Waals surface area contributed by atoms with Crippen molar-refractivity contribution in [3.8, 4) is 39.6 Å². The second-order valence-corrected chi connectivity index (χ2v) is 19.1. The number of para-hydroxylation sites is 3. The second-order valence-electron chi connectivity index (χ2n) is 19.1.